The lowest BCUT2D eigenvalue weighted by Gasteiger charge is -2.59. The van der Waals surface area contributed by atoms with Crippen LogP contribution >= 0.6 is 0 Å². The maximum absolute atomic E-state index is 12.7. The van der Waals surface area contributed by atoms with Crippen molar-refractivity contribution in [3.8, 4) is 0 Å². The topological polar surface area (TPSA) is 55.8 Å². The van der Waals surface area contributed by atoms with Gasteiger partial charge in [0.05, 0.1) is 5.56 Å². The number of anilines is 1. The molecule has 29 heavy (non-hydrogen) atoms. The molecule has 3 fully saturated rings. The highest BCUT2D eigenvalue weighted by Gasteiger charge is 2.47. The third-order valence-corrected chi connectivity index (χ3v) is 5.60. The Bertz CT molecular complexity index is 720. The van der Waals surface area contributed by atoms with Gasteiger partial charge in [-0.3, -0.25) is 4.90 Å². The molecule has 3 unspecified atom stereocenters. The third-order valence-electron chi connectivity index (χ3n) is 5.60. The summed E-state index contributed by atoms with van der Waals surface area (Å²) in [6.07, 6.45) is -7.00. The number of hydrogen-bond acceptors (Lipinski definition) is 4. The number of benzene rings is 1. The molecule has 0 aromatic heterocycles. The van der Waals surface area contributed by atoms with Crippen molar-refractivity contribution >= 4 is 11.7 Å². The molecule has 2 heterocycles. The monoisotopic (exact) mass is 425 g/mol. The van der Waals surface area contributed by atoms with E-state index in [0.29, 0.717) is 18.1 Å². The van der Waals surface area contributed by atoms with Gasteiger partial charge >= 0.3 is 18.3 Å². The van der Waals surface area contributed by atoms with E-state index in [1.54, 1.807) is 12.1 Å². The largest absolute Gasteiger partial charge is 0.490 e. The summed E-state index contributed by atoms with van der Waals surface area (Å²) < 4.78 is 69.8. The Morgan fingerprint density at radius 1 is 1.03 bits per heavy atom. The number of nitrogens with one attached hydrogen (secondary N) is 1. The normalized spacial score (nSPS) is 27.1. The average Bonchev–Trinajstić information content (AvgIpc) is 2.60. The van der Waals surface area contributed by atoms with E-state index in [4.69, 9.17) is 9.90 Å². The van der Waals surface area contributed by atoms with Crippen molar-refractivity contribution in [1.82, 2.24) is 10.2 Å². The standard InChI is InChI=1S/C16H20F3N3.C2HF3O2/c17-16(18,19)11-1-3-12(4-2-11)22-10-13-9-20-7-8-21(13)14-5-6-15(14)22;3-2(4,5)1(6)7/h1-4,13-15,20H,5-10H2;(H,6,7). The molecule has 2 aliphatic heterocycles. The van der Waals surface area contributed by atoms with Crippen LogP contribution in [0.4, 0.5) is 32.0 Å². The molecule has 1 aromatic rings. The van der Waals surface area contributed by atoms with Gasteiger partial charge in [0.2, 0.25) is 0 Å². The zero-order valence-corrected chi connectivity index (χ0v) is 15.3. The van der Waals surface area contributed by atoms with Crippen molar-refractivity contribution < 1.29 is 36.2 Å². The fourth-order valence-corrected chi connectivity index (χ4v) is 4.10. The lowest BCUT2D eigenvalue weighted by atomic mass is 9.79. The maximum Gasteiger partial charge on any atom is 0.490 e. The highest BCUT2D eigenvalue weighted by Crippen LogP contribution is 2.39. The van der Waals surface area contributed by atoms with Crippen molar-refractivity contribution in [2.24, 2.45) is 0 Å². The lowest BCUT2D eigenvalue weighted by Crippen LogP contribution is -2.72. The van der Waals surface area contributed by atoms with Crippen LogP contribution in [-0.2, 0) is 11.0 Å². The molecule has 0 radical (unpaired) electrons. The summed E-state index contributed by atoms with van der Waals surface area (Å²) in [4.78, 5) is 13.8. The molecule has 5 nitrogen and oxygen atoms in total. The smallest absolute Gasteiger partial charge is 0.475 e. The predicted octanol–water partition coefficient (Wildman–Crippen LogP) is 2.96. The van der Waals surface area contributed by atoms with Crippen molar-refractivity contribution in [3.63, 3.8) is 0 Å². The minimum Gasteiger partial charge on any atom is -0.475 e. The second kappa shape index (κ2) is 8.02. The quantitative estimate of drug-likeness (QED) is 0.678. The van der Waals surface area contributed by atoms with E-state index in [9.17, 15) is 26.3 Å². The Morgan fingerprint density at radius 2 is 1.62 bits per heavy atom. The number of alkyl halides is 6. The van der Waals surface area contributed by atoms with Crippen LogP contribution in [0, 0.1) is 0 Å². The first-order valence-electron chi connectivity index (χ1n) is 9.19. The SMILES string of the molecule is FC(F)(F)c1ccc(N2CC3CNCCN3C3CCC32)cc1.O=C(O)C(F)(F)F. The molecule has 3 aliphatic rings. The minimum absolute atomic E-state index is 0.464. The first-order valence-corrected chi connectivity index (χ1v) is 9.19. The van der Waals surface area contributed by atoms with Crippen LogP contribution in [0.25, 0.3) is 0 Å². The van der Waals surface area contributed by atoms with Crippen LogP contribution in [-0.4, -0.2) is 66.5 Å². The van der Waals surface area contributed by atoms with E-state index in [2.05, 4.69) is 15.1 Å². The first-order chi connectivity index (χ1) is 13.5. The number of piperazine rings is 2. The Morgan fingerprint density at radius 3 is 2.10 bits per heavy atom. The fourth-order valence-electron chi connectivity index (χ4n) is 4.10. The molecule has 0 bridgehead atoms. The molecule has 1 saturated carbocycles. The number of carboxylic acid groups (broad SMARTS) is 1. The van der Waals surface area contributed by atoms with E-state index < -0.39 is 23.9 Å². The van der Waals surface area contributed by atoms with Gasteiger partial charge in [0.15, 0.2) is 0 Å². The molecule has 11 heteroatoms. The summed E-state index contributed by atoms with van der Waals surface area (Å²) >= 11 is 0. The molecule has 4 rings (SSSR count). The van der Waals surface area contributed by atoms with Crippen LogP contribution in [0.15, 0.2) is 24.3 Å². The number of fused-ring (bicyclic) bond motifs is 3. The van der Waals surface area contributed by atoms with Gasteiger partial charge < -0.3 is 15.3 Å². The van der Waals surface area contributed by atoms with Gasteiger partial charge in [0.25, 0.3) is 0 Å². The van der Waals surface area contributed by atoms with E-state index in [1.165, 1.54) is 18.6 Å². The summed E-state index contributed by atoms with van der Waals surface area (Å²) in [7, 11) is 0. The summed E-state index contributed by atoms with van der Waals surface area (Å²) in [5, 5.41) is 10.6. The number of carboxylic acids is 1. The highest BCUT2D eigenvalue weighted by atomic mass is 19.4. The number of carbonyl (C=O) groups is 1. The summed E-state index contributed by atoms with van der Waals surface area (Å²) in [6.45, 7) is 4.01. The molecule has 2 N–H and O–H groups in total. The lowest BCUT2D eigenvalue weighted by molar-refractivity contribution is -0.192. The second-order valence-corrected chi connectivity index (χ2v) is 7.31. The van der Waals surface area contributed by atoms with Crippen LogP contribution in [0.3, 0.4) is 0 Å². The van der Waals surface area contributed by atoms with Crippen LogP contribution < -0.4 is 10.2 Å². The minimum atomic E-state index is -5.08. The molecule has 2 saturated heterocycles. The molecule has 1 aliphatic carbocycles. The van der Waals surface area contributed by atoms with Crippen molar-refractivity contribution in [1.29, 1.82) is 0 Å². The van der Waals surface area contributed by atoms with E-state index in [0.717, 1.165) is 38.3 Å². The fraction of sp³-hybridized carbons (Fsp3) is 0.611. The van der Waals surface area contributed by atoms with Gasteiger partial charge in [0, 0.05) is 50.0 Å². The van der Waals surface area contributed by atoms with Gasteiger partial charge in [-0.25, -0.2) is 4.79 Å². The summed E-state index contributed by atoms with van der Waals surface area (Å²) in [5.74, 6) is -2.76. The molecule has 3 atom stereocenters. The van der Waals surface area contributed by atoms with Gasteiger partial charge in [-0.05, 0) is 37.1 Å². The average molecular weight is 425 g/mol. The predicted molar refractivity (Wildman–Crippen MR) is 92.7 cm³/mol. The van der Waals surface area contributed by atoms with Crippen molar-refractivity contribution in [2.45, 2.75) is 43.3 Å². The molecule has 0 amide bonds. The Kier molecular flexibility index (Phi) is 6.00. The van der Waals surface area contributed by atoms with Gasteiger partial charge in [-0.1, -0.05) is 0 Å². The van der Waals surface area contributed by atoms with E-state index in [-0.39, 0.29) is 0 Å². The van der Waals surface area contributed by atoms with Gasteiger partial charge in [0.1, 0.15) is 0 Å². The van der Waals surface area contributed by atoms with Crippen LogP contribution in [0.2, 0.25) is 0 Å². The number of aliphatic carboxylic acids is 1. The number of halogens is 6. The third kappa shape index (κ3) is 4.77. The highest BCUT2D eigenvalue weighted by molar-refractivity contribution is 5.73. The molecule has 1 aromatic carbocycles. The summed E-state index contributed by atoms with van der Waals surface area (Å²) in [6, 6.07) is 7.17. The summed E-state index contributed by atoms with van der Waals surface area (Å²) in [5.41, 5.74) is 0.354. The Labute approximate surface area is 163 Å². The van der Waals surface area contributed by atoms with Gasteiger partial charge in [-0.15, -0.1) is 0 Å². The number of nitrogens with zero attached hydrogens (tertiary/aromatic N) is 2. The van der Waals surface area contributed by atoms with E-state index >= 15 is 0 Å². The second-order valence-electron chi connectivity index (χ2n) is 7.31. The zero-order chi connectivity index (χ0) is 21.4. The Balaban J connectivity index is 0.000000298. The van der Waals surface area contributed by atoms with Crippen molar-refractivity contribution in [2.75, 3.05) is 31.1 Å². The zero-order valence-electron chi connectivity index (χ0n) is 15.3. The van der Waals surface area contributed by atoms with E-state index in [1.807, 2.05) is 0 Å². The van der Waals surface area contributed by atoms with Crippen LogP contribution in [0.5, 0.6) is 0 Å². The molecular weight excluding hydrogens is 404 g/mol. The number of hydrogen-bond donors (Lipinski definition) is 2. The molecular formula is C18H21F6N3O2. The van der Waals surface area contributed by atoms with Gasteiger partial charge in [-0.2, -0.15) is 26.3 Å². The molecule has 162 valence electrons. The number of rotatable bonds is 1. The Hall–Kier alpha value is -2.01. The van der Waals surface area contributed by atoms with Crippen molar-refractivity contribution in [3.05, 3.63) is 29.8 Å². The maximum atomic E-state index is 12.7. The van der Waals surface area contributed by atoms with Crippen LogP contribution in [0.1, 0.15) is 18.4 Å². The first kappa shape index (κ1) is 21.7. The molecule has 0 spiro atoms.